The van der Waals surface area contributed by atoms with E-state index in [1.807, 2.05) is 13.8 Å². The highest BCUT2D eigenvalue weighted by Crippen LogP contribution is 2.44. The molecule has 1 aliphatic heterocycles. The molecule has 1 saturated carbocycles. The fourth-order valence-corrected chi connectivity index (χ4v) is 4.68. The van der Waals surface area contributed by atoms with Gasteiger partial charge in [0.2, 0.25) is 0 Å². The summed E-state index contributed by atoms with van der Waals surface area (Å²) in [5.74, 6) is -0.108. The van der Waals surface area contributed by atoms with Gasteiger partial charge in [-0.1, -0.05) is 0 Å². The zero-order valence-corrected chi connectivity index (χ0v) is 15.3. The van der Waals surface area contributed by atoms with Crippen LogP contribution in [0.3, 0.4) is 0 Å². The zero-order chi connectivity index (χ0) is 17.4. The number of nitrogens with one attached hydrogen (secondary N) is 1. The Hall–Kier alpha value is -1.42. The van der Waals surface area contributed by atoms with Crippen molar-refractivity contribution >= 4 is 11.6 Å². The molecule has 0 bridgehead atoms. The third kappa shape index (κ3) is 2.85. The number of hydrogen-bond donors (Lipinski definition) is 1. The first-order valence-electron chi connectivity index (χ1n) is 9.31. The van der Waals surface area contributed by atoms with Gasteiger partial charge in [-0.05, 0) is 69.2 Å². The highest BCUT2D eigenvalue weighted by Gasteiger charge is 2.58. The maximum atomic E-state index is 13.5. The fourth-order valence-electron chi connectivity index (χ4n) is 4.68. The van der Waals surface area contributed by atoms with Crippen molar-refractivity contribution in [2.24, 2.45) is 0 Å². The van der Waals surface area contributed by atoms with E-state index in [0.29, 0.717) is 0 Å². The van der Waals surface area contributed by atoms with Crippen molar-refractivity contribution in [2.45, 2.75) is 64.3 Å². The lowest BCUT2D eigenvalue weighted by Gasteiger charge is -2.54. The first-order valence-corrected chi connectivity index (χ1v) is 9.31. The Morgan fingerprint density at radius 1 is 1.04 bits per heavy atom. The smallest absolute Gasteiger partial charge is 0.285 e. The molecule has 4 heteroatoms. The van der Waals surface area contributed by atoms with Crippen molar-refractivity contribution < 1.29 is 13.7 Å². The molecule has 3 nitrogen and oxygen atoms in total. The predicted molar refractivity (Wildman–Crippen MR) is 95.5 cm³/mol. The SMILES string of the molecule is Cc1cc(F)cc(C)c1NC(=O)C1([N+]2(C)CCCCCC2)CCC1. The van der Waals surface area contributed by atoms with Gasteiger partial charge >= 0.3 is 0 Å². The molecular weight excluding hydrogens is 303 g/mol. The van der Waals surface area contributed by atoms with E-state index in [1.54, 1.807) is 0 Å². The zero-order valence-electron chi connectivity index (χ0n) is 15.3. The van der Waals surface area contributed by atoms with Gasteiger partial charge in [0.1, 0.15) is 5.82 Å². The number of carbonyl (C=O) groups excluding carboxylic acids is 1. The molecule has 3 rings (SSSR count). The van der Waals surface area contributed by atoms with Crippen LogP contribution in [0.5, 0.6) is 0 Å². The number of anilines is 1. The maximum Gasteiger partial charge on any atom is 0.285 e. The molecule has 0 aromatic heterocycles. The number of benzene rings is 1. The van der Waals surface area contributed by atoms with Crippen molar-refractivity contribution in [2.75, 3.05) is 25.5 Å². The Bertz CT molecular complexity index is 606. The Morgan fingerprint density at radius 2 is 1.58 bits per heavy atom. The molecule has 1 aromatic carbocycles. The second-order valence-corrected chi connectivity index (χ2v) is 8.01. The third-order valence-corrected chi connectivity index (χ3v) is 6.43. The van der Waals surface area contributed by atoms with Crippen molar-refractivity contribution in [3.05, 3.63) is 29.1 Å². The molecule has 0 unspecified atom stereocenters. The van der Waals surface area contributed by atoms with Crippen molar-refractivity contribution in [3.8, 4) is 0 Å². The Labute approximate surface area is 144 Å². The Morgan fingerprint density at radius 3 is 2.04 bits per heavy atom. The molecule has 2 fully saturated rings. The van der Waals surface area contributed by atoms with Crippen molar-refractivity contribution in [1.82, 2.24) is 0 Å². The van der Waals surface area contributed by atoms with Crippen LogP contribution in [0.4, 0.5) is 10.1 Å². The van der Waals surface area contributed by atoms with Crippen LogP contribution in [0.1, 0.15) is 56.1 Å². The van der Waals surface area contributed by atoms with Gasteiger partial charge in [-0.25, -0.2) is 4.39 Å². The number of nitrogens with zero attached hydrogens (tertiary/aromatic N) is 1. The minimum atomic E-state index is -0.294. The van der Waals surface area contributed by atoms with Crippen LogP contribution in [-0.4, -0.2) is 36.1 Å². The maximum absolute atomic E-state index is 13.5. The van der Waals surface area contributed by atoms with Crippen LogP contribution >= 0.6 is 0 Å². The molecule has 1 aromatic rings. The number of likely N-dealkylation sites (N-methyl/N-ethyl adjacent to an activating group) is 1. The summed E-state index contributed by atoms with van der Waals surface area (Å²) in [4.78, 5) is 13.3. The molecule has 2 aliphatic rings. The number of quaternary nitrogens is 1. The first-order chi connectivity index (χ1) is 11.4. The lowest BCUT2D eigenvalue weighted by atomic mass is 9.72. The normalized spacial score (nSPS) is 22.3. The van der Waals surface area contributed by atoms with E-state index < -0.39 is 0 Å². The van der Waals surface area contributed by atoms with E-state index in [9.17, 15) is 9.18 Å². The molecule has 132 valence electrons. The number of hydrogen-bond acceptors (Lipinski definition) is 1. The van der Waals surface area contributed by atoms with E-state index >= 15 is 0 Å². The Kier molecular flexibility index (Phi) is 4.69. The molecule has 1 heterocycles. The number of carbonyl (C=O) groups is 1. The van der Waals surface area contributed by atoms with Crippen LogP contribution < -0.4 is 5.32 Å². The summed E-state index contributed by atoms with van der Waals surface area (Å²) in [6.07, 6.45) is 8.04. The lowest BCUT2D eigenvalue weighted by Crippen LogP contribution is -2.71. The predicted octanol–water partition coefficient (Wildman–Crippen LogP) is 4.32. The van der Waals surface area contributed by atoms with Gasteiger partial charge in [0.15, 0.2) is 5.54 Å². The summed E-state index contributed by atoms with van der Waals surface area (Å²) in [5, 5.41) is 3.17. The molecule has 0 atom stereocenters. The van der Waals surface area contributed by atoms with Crippen LogP contribution in [-0.2, 0) is 4.79 Å². The quantitative estimate of drug-likeness (QED) is 0.820. The van der Waals surface area contributed by atoms with E-state index in [-0.39, 0.29) is 17.3 Å². The van der Waals surface area contributed by atoms with Gasteiger partial charge in [0, 0.05) is 18.5 Å². The summed E-state index contributed by atoms with van der Waals surface area (Å²) >= 11 is 0. The monoisotopic (exact) mass is 333 g/mol. The highest BCUT2D eigenvalue weighted by molar-refractivity contribution is 5.99. The third-order valence-electron chi connectivity index (χ3n) is 6.43. The molecule has 1 amide bonds. The van der Waals surface area contributed by atoms with Crippen LogP contribution in [0.2, 0.25) is 0 Å². The molecule has 1 saturated heterocycles. The number of aryl methyl sites for hydroxylation is 2. The minimum absolute atomic E-state index is 0.135. The number of likely N-dealkylation sites (tertiary alicyclic amines) is 1. The number of rotatable bonds is 3. The molecule has 24 heavy (non-hydrogen) atoms. The van der Waals surface area contributed by atoms with E-state index in [4.69, 9.17) is 0 Å². The lowest BCUT2D eigenvalue weighted by molar-refractivity contribution is -0.954. The average molecular weight is 333 g/mol. The second kappa shape index (κ2) is 6.47. The second-order valence-electron chi connectivity index (χ2n) is 8.01. The van der Waals surface area contributed by atoms with E-state index in [2.05, 4.69) is 12.4 Å². The van der Waals surface area contributed by atoms with E-state index in [1.165, 1.54) is 37.8 Å². The van der Waals surface area contributed by atoms with Crippen molar-refractivity contribution in [3.63, 3.8) is 0 Å². The molecular formula is C20H30FN2O+. The van der Waals surface area contributed by atoms with Crippen LogP contribution in [0.15, 0.2) is 12.1 Å². The van der Waals surface area contributed by atoms with Crippen LogP contribution in [0, 0.1) is 19.7 Å². The summed E-state index contributed by atoms with van der Waals surface area (Å²) in [5.41, 5.74) is 2.09. The standard InChI is InChI=1S/C20H29FN2O/c1-15-13-17(21)14-16(2)18(15)22-19(24)20(9-8-10-20)23(3)11-6-4-5-7-12-23/h13-14H,4-12H2,1-3H3/p+1. The number of amides is 1. The summed E-state index contributed by atoms with van der Waals surface area (Å²) < 4.78 is 14.4. The highest BCUT2D eigenvalue weighted by atomic mass is 19.1. The summed E-state index contributed by atoms with van der Waals surface area (Å²) in [7, 11) is 2.27. The van der Waals surface area contributed by atoms with E-state index in [0.717, 1.165) is 53.6 Å². The summed E-state index contributed by atoms with van der Waals surface area (Å²) in [6, 6.07) is 3.00. The average Bonchev–Trinajstić information content (AvgIpc) is 2.67. The van der Waals surface area contributed by atoms with Gasteiger partial charge < -0.3 is 9.80 Å². The first kappa shape index (κ1) is 17.4. The van der Waals surface area contributed by atoms with Gasteiger partial charge in [0.05, 0.1) is 20.1 Å². The number of halogens is 1. The van der Waals surface area contributed by atoms with Gasteiger partial charge in [-0.2, -0.15) is 0 Å². The van der Waals surface area contributed by atoms with Gasteiger partial charge in [-0.3, -0.25) is 4.79 Å². The largest absolute Gasteiger partial charge is 0.320 e. The molecule has 1 N–H and O–H groups in total. The topological polar surface area (TPSA) is 29.1 Å². The van der Waals surface area contributed by atoms with Gasteiger partial charge in [0.25, 0.3) is 5.91 Å². The van der Waals surface area contributed by atoms with Crippen molar-refractivity contribution in [1.29, 1.82) is 0 Å². The molecule has 1 aliphatic carbocycles. The van der Waals surface area contributed by atoms with Crippen LogP contribution in [0.25, 0.3) is 0 Å². The fraction of sp³-hybridized carbons (Fsp3) is 0.650. The Balaban J connectivity index is 1.87. The minimum Gasteiger partial charge on any atom is -0.320 e. The van der Waals surface area contributed by atoms with Gasteiger partial charge in [-0.15, -0.1) is 0 Å². The molecule has 0 spiro atoms. The molecule has 0 radical (unpaired) electrons. The summed E-state index contributed by atoms with van der Waals surface area (Å²) in [6.45, 7) is 5.91.